The van der Waals surface area contributed by atoms with Gasteiger partial charge in [0.25, 0.3) is 0 Å². The van der Waals surface area contributed by atoms with E-state index in [1.165, 1.54) is 11.4 Å². The third-order valence-electron chi connectivity index (χ3n) is 7.44. The van der Waals surface area contributed by atoms with Crippen LogP contribution in [0.15, 0.2) is 48.5 Å². The van der Waals surface area contributed by atoms with E-state index in [0.717, 1.165) is 87.5 Å². The Labute approximate surface area is 286 Å². The van der Waals surface area contributed by atoms with Crippen LogP contribution in [-0.4, -0.2) is 55.7 Å². The first-order valence-electron chi connectivity index (χ1n) is 15.9. The van der Waals surface area contributed by atoms with Crippen molar-refractivity contribution in [2.24, 2.45) is 0 Å². The molecule has 0 radical (unpaired) electrons. The quantitative estimate of drug-likeness (QED) is 0.0994. The van der Waals surface area contributed by atoms with Gasteiger partial charge < -0.3 is 14.5 Å². The van der Waals surface area contributed by atoms with E-state index in [4.69, 9.17) is 49.1 Å². The van der Waals surface area contributed by atoms with Crippen molar-refractivity contribution in [3.63, 3.8) is 0 Å². The fourth-order valence-electron chi connectivity index (χ4n) is 5.09. The van der Waals surface area contributed by atoms with Crippen LogP contribution >= 0.6 is 44.3 Å². The molecule has 2 rings (SSSR count). The second-order valence-electron chi connectivity index (χ2n) is 14.4. The lowest BCUT2D eigenvalue weighted by atomic mass is 10.2. The lowest BCUT2D eigenvalue weighted by molar-refractivity contribution is 0.482. The number of rotatable bonds is 20. The molecular weight excluding hydrogens is 683 g/mol. The van der Waals surface area contributed by atoms with Crippen LogP contribution in [0.3, 0.4) is 0 Å². The zero-order valence-corrected chi connectivity index (χ0v) is 34.9. The van der Waals surface area contributed by atoms with Crippen molar-refractivity contribution < 1.29 is 4.74 Å². The Bertz CT molecular complexity index is 938. The van der Waals surface area contributed by atoms with E-state index < -0.39 is 29.5 Å². The normalized spacial score (nSPS) is 12.8. The van der Waals surface area contributed by atoms with Gasteiger partial charge in [0.2, 0.25) is 0 Å². The summed E-state index contributed by atoms with van der Waals surface area (Å²) in [7, 11) is -6.31. The van der Waals surface area contributed by atoms with Gasteiger partial charge >= 0.3 is 0 Å². The van der Waals surface area contributed by atoms with Crippen LogP contribution in [0, 0.1) is 0 Å². The largest absolute Gasteiger partial charge is 0.457 e. The number of benzene rings is 2. The molecule has 43 heavy (non-hydrogen) atoms. The minimum Gasteiger partial charge on any atom is -0.457 e. The highest BCUT2D eigenvalue weighted by Crippen LogP contribution is 2.29. The molecule has 0 heterocycles. The molecule has 0 fully saturated rings. The van der Waals surface area contributed by atoms with Crippen molar-refractivity contribution in [1.82, 2.24) is 0 Å². The summed E-state index contributed by atoms with van der Waals surface area (Å²) >= 11 is 26.4. The minimum absolute atomic E-state index is 0.848. The van der Waals surface area contributed by atoms with E-state index in [9.17, 15) is 0 Å². The third kappa shape index (κ3) is 18.6. The van der Waals surface area contributed by atoms with Gasteiger partial charge in [-0.15, -0.1) is 0 Å². The molecule has 2 aromatic carbocycles. The van der Waals surface area contributed by atoms with E-state index in [2.05, 4.69) is 111 Å². The molecule has 0 amide bonds. The number of hydrogen-bond donors (Lipinski definition) is 0. The van der Waals surface area contributed by atoms with Crippen molar-refractivity contribution in [2.75, 3.05) is 36.0 Å². The molecule has 0 saturated carbocycles. The fourth-order valence-corrected chi connectivity index (χ4v) is 10.7. The summed E-state index contributed by atoms with van der Waals surface area (Å²) in [6.45, 7) is 21.9. The zero-order valence-electron chi connectivity index (χ0n) is 27.9. The third-order valence-corrected chi connectivity index (χ3v) is 15.9. The summed E-state index contributed by atoms with van der Waals surface area (Å²) < 4.78 is 6.27. The van der Waals surface area contributed by atoms with Crippen LogP contribution in [0.5, 0.6) is 11.5 Å². The van der Waals surface area contributed by atoms with Crippen molar-refractivity contribution in [3.05, 3.63) is 48.5 Å². The van der Waals surface area contributed by atoms with Gasteiger partial charge in [-0.25, -0.2) is 0 Å². The number of anilines is 2. The molecular formula is C32H56Cl4N2OSi4. The van der Waals surface area contributed by atoms with Gasteiger partial charge in [0.05, 0.1) is 0 Å². The molecule has 0 atom stereocenters. The van der Waals surface area contributed by atoms with Crippen LogP contribution in [0.4, 0.5) is 11.4 Å². The van der Waals surface area contributed by atoms with E-state index in [-0.39, 0.29) is 0 Å². The van der Waals surface area contributed by atoms with E-state index in [1.54, 1.807) is 0 Å². The Morgan fingerprint density at radius 2 is 0.674 bits per heavy atom. The lowest BCUT2D eigenvalue weighted by Gasteiger charge is -2.27. The van der Waals surface area contributed by atoms with Crippen molar-refractivity contribution in [2.45, 2.75) is 102 Å². The molecule has 0 N–H and O–H groups in total. The highest BCUT2D eigenvalue weighted by molar-refractivity contribution is 7.20. The molecule has 2 aromatic rings. The van der Waals surface area contributed by atoms with Gasteiger partial charge in [-0.1, -0.05) is 52.4 Å². The number of hydrogen-bond acceptors (Lipinski definition) is 3. The molecule has 0 aliphatic rings. The highest BCUT2D eigenvalue weighted by Gasteiger charge is 2.21. The SMILES string of the molecule is C[Si](C)(Cl)CCCN(CCC[Si](C)(C)Cl)c1ccc(Oc2ccc(N(CCC[Si](C)(C)Cl)CCC[Si](C)(C)Cl)cc2)cc1. The molecule has 11 heteroatoms. The highest BCUT2D eigenvalue weighted by atomic mass is 35.6. The first-order chi connectivity index (χ1) is 19.8. The molecule has 0 unspecified atom stereocenters. The van der Waals surface area contributed by atoms with Gasteiger partial charge in [0.1, 0.15) is 11.5 Å². The topological polar surface area (TPSA) is 15.7 Å². The maximum absolute atomic E-state index is 6.61. The zero-order chi connectivity index (χ0) is 32.3. The molecule has 3 nitrogen and oxygen atoms in total. The van der Waals surface area contributed by atoms with E-state index >= 15 is 0 Å². The van der Waals surface area contributed by atoms with Gasteiger partial charge in [-0.05, 0) is 98.4 Å². The van der Waals surface area contributed by atoms with Gasteiger partial charge in [-0.2, -0.15) is 44.3 Å². The summed E-state index contributed by atoms with van der Waals surface area (Å²) in [5, 5.41) is 0. The predicted octanol–water partition coefficient (Wildman–Crippen LogP) is 12.4. The Hall–Kier alpha value is -0.132. The molecule has 0 aliphatic heterocycles. The van der Waals surface area contributed by atoms with Crippen molar-refractivity contribution in [3.8, 4) is 11.5 Å². The molecule has 0 bridgehead atoms. The monoisotopic (exact) mass is 736 g/mol. The first-order valence-corrected chi connectivity index (χ1v) is 32.8. The summed E-state index contributed by atoms with van der Waals surface area (Å²) in [5.74, 6) is 1.70. The standard InChI is InChI=1S/C32H56Cl4N2OSi4/c1-40(2,33)25-9-21-37(22-10-26-41(3,4)34)29-13-17-31(18-14-29)39-32-19-15-30(16-20-32)38(23-11-27-42(5,6)35)24-12-28-43(7,8)36/h13-20H,9-12,21-28H2,1-8H3. The molecule has 244 valence electrons. The maximum atomic E-state index is 6.61. The van der Waals surface area contributed by atoms with Crippen molar-refractivity contribution in [1.29, 1.82) is 0 Å². The van der Waals surface area contributed by atoms with Crippen LogP contribution in [0.25, 0.3) is 0 Å². The second kappa shape index (κ2) is 17.7. The first kappa shape index (κ1) is 39.0. The van der Waals surface area contributed by atoms with Crippen molar-refractivity contribution >= 4 is 85.2 Å². The summed E-state index contributed by atoms with van der Waals surface area (Å²) in [6.07, 6.45) is 4.46. The number of halogens is 4. The average Bonchev–Trinajstić information content (AvgIpc) is 2.85. The van der Waals surface area contributed by atoms with E-state index in [1.807, 2.05) is 0 Å². The second-order valence-corrected chi connectivity index (χ2v) is 42.4. The van der Waals surface area contributed by atoms with E-state index in [0.29, 0.717) is 0 Å². The number of ether oxygens (including phenoxy) is 1. The summed E-state index contributed by atoms with van der Waals surface area (Å²) in [4.78, 5) is 4.98. The average molecular weight is 739 g/mol. The van der Waals surface area contributed by atoms with Crippen LogP contribution < -0.4 is 14.5 Å². The molecule has 0 aliphatic carbocycles. The van der Waals surface area contributed by atoms with Gasteiger partial charge in [-0.3, -0.25) is 0 Å². The summed E-state index contributed by atoms with van der Waals surface area (Å²) in [5.41, 5.74) is 2.46. The molecule has 0 aromatic heterocycles. The predicted molar refractivity (Wildman–Crippen MR) is 208 cm³/mol. The van der Waals surface area contributed by atoms with Crippen LogP contribution in [-0.2, 0) is 0 Å². The Morgan fingerprint density at radius 1 is 0.442 bits per heavy atom. The van der Waals surface area contributed by atoms with Gasteiger partial charge in [0, 0.05) is 37.6 Å². The number of nitrogens with zero attached hydrogens (tertiary/aromatic N) is 2. The lowest BCUT2D eigenvalue weighted by Crippen LogP contribution is -2.29. The van der Waals surface area contributed by atoms with Crippen LogP contribution in [0.2, 0.25) is 76.6 Å². The molecule has 0 saturated heterocycles. The van der Waals surface area contributed by atoms with Crippen LogP contribution in [0.1, 0.15) is 25.7 Å². The Balaban J connectivity index is 2.06. The molecule has 0 spiro atoms. The smallest absolute Gasteiger partial charge is 0.150 e. The maximum Gasteiger partial charge on any atom is 0.150 e. The fraction of sp³-hybridized carbons (Fsp3) is 0.625. The van der Waals surface area contributed by atoms with Gasteiger partial charge in [0.15, 0.2) is 29.5 Å². The minimum atomic E-state index is -1.58. The Kier molecular flexibility index (Phi) is 16.1. The summed E-state index contributed by atoms with van der Waals surface area (Å²) in [6, 6.07) is 21.5. The Morgan fingerprint density at radius 3 is 0.884 bits per heavy atom.